The third-order valence-electron chi connectivity index (χ3n) is 9.27. The number of rotatable bonds is 2. The largest absolute Gasteiger partial charge is 0.304 e. The van der Waals surface area contributed by atoms with Gasteiger partial charge < -0.3 is 4.98 Å². The zero-order valence-corrected chi connectivity index (χ0v) is 25.6. The second kappa shape index (κ2) is 9.54. The number of aryl methyl sites for hydroxylation is 2. The number of aromatic nitrogens is 1. The maximum absolute atomic E-state index is 4.88. The minimum absolute atomic E-state index is 0. The average Bonchev–Trinajstić information content (AvgIpc) is 2.95. The van der Waals surface area contributed by atoms with Gasteiger partial charge in [-0.15, -0.1) is 34.9 Å². The molecule has 5 aromatic rings. The molecule has 0 N–H and O–H groups in total. The first kappa shape index (κ1) is 26.2. The number of benzene rings is 4. The van der Waals surface area contributed by atoms with Crippen molar-refractivity contribution in [2.45, 2.75) is 64.2 Å². The number of nitrogens with zero attached hydrogens (tertiary/aromatic N) is 1. The first-order valence-electron chi connectivity index (χ1n) is 14.0. The van der Waals surface area contributed by atoms with Crippen LogP contribution in [0.3, 0.4) is 0 Å². The fraction of sp³-hybridized carbons (Fsp3) is 0.270. The van der Waals surface area contributed by atoms with Gasteiger partial charge in [-0.05, 0) is 80.8 Å². The topological polar surface area (TPSA) is 12.9 Å². The molecule has 197 valence electrons. The van der Waals surface area contributed by atoms with E-state index >= 15 is 0 Å². The predicted molar refractivity (Wildman–Crippen MR) is 159 cm³/mol. The molecule has 1 aromatic heterocycles. The van der Waals surface area contributed by atoms with Crippen LogP contribution in [0, 0.1) is 6.07 Å². The summed E-state index contributed by atoms with van der Waals surface area (Å²) in [7, 11) is 0. The molecule has 0 amide bonds. The zero-order valence-electron chi connectivity index (χ0n) is 23.2. The van der Waals surface area contributed by atoms with Gasteiger partial charge >= 0.3 is 0 Å². The van der Waals surface area contributed by atoms with E-state index in [-0.39, 0.29) is 30.9 Å². The zero-order chi connectivity index (χ0) is 26.1. The van der Waals surface area contributed by atoms with Crippen molar-refractivity contribution >= 4 is 10.8 Å². The monoisotopic (exact) mass is 685 g/mol. The molecule has 2 aliphatic carbocycles. The van der Waals surface area contributed by atoms with Crippen molar-refractivity contribution in [3.05, 3.63) is 125 Å². The summed E-state index contributed by atoms with van der Waals surface area (Å²) in [6.45, 7) is 9.50. The minimum Gasteiger partial charge on any atom is -0.304 e. The summed E-state index contributed by atoms with van der Waals surface area (Å²) < 4.78 is 0. The first-order chi connectivity index (χ1) is 18.3. The molecule has 0 bridgehead atoms. The number of hydrogen-bond donors (Lipinski definition) is 0. The summed E-state index contributed by atoms with van der Waals surface area (Å²) in [5, 5.41) is 2.59. The van der Waals surface area contributed by atoms with E-state index in [4.69, 9.17) is 4.98 Å². The Bertz CT molecular complexity index is 1720. The summed E-state index contributed by atoms with van der Waals surface area (Å²) >= 11 is 0. The van der Waals surface area contributed by atoms with Gasteiger partial charge in [-0.1, -0.05) is 100.0 Å². The number of fused-ring (bicyclic) bond motifs is 4. The van der Waals surface area contributed by atoms with E-state index < -0.39 is 0 Å². The van der Waals surface area contributed by atoms with Gasteiger partial charge in [0.05, 0.1) is 0 Å². The molecule has 0 atom stereocenters. The fourth-order valence-electron chi connectivity index (χ4n) is 6.98. The Morgan fingerprint density at radius 3 is 2.26 bits per heavy atom. The van der Waals surface area contributed by atoms with Gasteiger partial charge in [-0.3, -0.25) is 0 Å². The summed E-state index contributed by atoms with van der Waals surface area (Å²) in [6, 6.07) is 33.1. The van der Waals surface area contributed by atoms with Crippen LogP contribution in [0.4, 0.5) is 0 Å². The number of pyridine rings is 1. The Balaban J connectivity index is 0.00000277. The fourth-order valence-corrected chi connectivity index (χ4v) is 6.98. The summed E-state index contributed by atoms with van der Waals surface area (Å²) in [5.74, 6) is 0. The molecule has 2 aliphatic rings. The first-order valence-corrected chi connectivity index (χ1v) is 14.0. The molecule has 7 rings (SSSR count). The van der Waals surface area contributed by atoms with Crippen LogP contribution in [0.2, 0.25) is 0 Å². The molecule has 0 spiro atoms. The molecular weight excluding hydrogens is 651 g/mol. The van der Waals surface area contributed by atoms with E-state index in [0.717, 1.165) is 17.7 Å². The van der Waals surface area contributed by atoms with Crippen LogP contribution in [0.1, 0.15) is 73.9 Å². The van der Waals surface area contributed by atoms with Crippen LogP contribution in [0.25, 0.3) is 33.2 Å². The second-order valence-corrected chi connectivity index (χ2v) is 12.3. The van der Waals surface area contributed by atoms with Gasteiger partial charge in [-0.2, -0.15) is 0 Å². The van der Waals surface area contributed by atoms with Crippen molar-refractivity contribution < 1.29 is 20.1 Å². The van der Waals surface area contributed by atoms with E-state index in [1.54, 1.807) is 0 Å². The Hall–Kier alpha value is -3.06. The Morgan fingerprint density at radius 1 is 0.692 bits per heavy atom. The Morgan fingerprint density at radius 2 is 1.41 bits per heavy atom. The number of hydrogen-bond acceptors (Lipinski definition) is 1. The van der Waals surface area contributed by atoms with E-state index in [9.17, 15) is 0 Å². The van der Waals surface area contributed by atoms with E-state index in [0.29, 0.717) is 0 Å². The quantitative estimate of drug-likeness (QED) is 0.169. The van der Waals surface area contributed by atoms with Gasteiger partial charge in [0, 0.05) is 26.3 Å². The predicted octanol–water partition coefficient (Wildman–Crippen LogP) is 9.21. The van der Waals surface area contributed by atoms with Crippen molar-refractivity contribution in [2.75, 3.05) is 0 Å². The van der Waals surface area contributed by atoms with Gasteiger partial charge in [0.1, 0.15) is 0 Å². The Kier molecular flexibility index (Phi) is 6.41. The molecule has 0 saturated heterocycles. The van der Waals surface area contributed by atoms with Crippen molar-refractivity contribution in [1.29, 1.82) is 0 Å². The van der Waals surface area contributed by atoms with Crippen LogP contribution < -0.4 is 0 Å². The summed E-state index contributed by atoms with van der Waals surface area (Å²) in [6.07, 6.45) is 7.00. The van der Waals surface area contributed by atoms with Crippen molar-refractivity contribution in [3.8, 4) is 22.4 Å². The van der Waals surface area contributed by atoms with E-state index in [1.165, 1.54) is 74.5 Å². The standard InChI is InChI=1S/C37H34N.Ir/c1-36(2)32-19-17-27(35-22-25-11-5-6-12-28(25)23-38-35)21-34(32)37(3,4)31-18-16-26(20-33(31)36)30-15-9-13-24-10-7-8-14-29(24)30;/h7-10,13-16,18-23H,5-6,11-12H2,1-4H3;/q-1;. The summed E-state index contributed by atoms with van der Waals surface area (Å²) in [5.41, 5.74) is 13.0. The SMILES string of the molecule is CC1(C)c2ccc(-c3cccc4ccccc34)cc2C(C)(C)c2c[c-]c(-c3cc4c(cn3)CCCC4)cc21.[Ir]. The van der Waals surface area contributed by atoms with Crippen LogP contribution in [0.5, 0.6) is 0 Å². The maximum atomic E-state index is 4.88. The van der Waals surface area contributed by atoms with Crippen LogP contribution >= 0.6 is 0 Å². The molecule has 4 aromatic carbocycles. The molecule has 0 saturated carbocycles. The van der Waals surface area contributed by atoms with Crippen molar-refractivity contribution in [1.82, 2.24) is 4.98 Å². The Labute approximate surface area is 246 Å². The van der Waals surface area contributed by atoms with Gasteiger partial charge in [0.2, 0.25) is 0 Å². The van der Waals surface area contributed by atoms with Crippen molar-refractivity contribution in [3.63, 3.8) is 0 Å². The molecule has 2 heteroatoms. The van der Waals surface area contributed by atoms with Gasteiger partial charge in [-0.25, -0.2) is 0 Å². The average molecular weight is 685 g/mol. The molecule has 1 heterocycles. The van der Waals surface area contributed by atoms with Crippen LogP contribution in [-0.4, -0.2) is 4.98 Å². The molecular formula is C37H34IrN-. The molecule has 1 radical (unpaired) electrons. The normalized spacial score (nSPS) is 16.5. The molecule has 0 aliphatic heterocycles. The van der Waals surface area contributed by atoms with E-state index in [1.807, 2.05) is 0 Å². The maximum Gasteiger partial charge on any atom is 0.0195 e. The summed E-state index contributed by atoms with van der Waals surface area (Å²) in [4.78, 5) is 4.88. The minimum atomic E-state index is -0.126. The van der Waals surface area contributed by atoms with Crippen molar-refractivity contribution in [2.24, 2.45) is 0 Å². The van der Waals surface area contributed by atoms with Crippen LogP contribution in [0.15, 0.2) is 85.1 Å². The molecule has 0 unspecified atom stereocenters. The molecule has 0 fully saturated rings. The second-order valence-electron chi connectivity index (χ2n) is 12.3. The van der Waals surface area contributed by atoms with E-state index in [2.05, 4.69) is 119 Å². The molecule has 1 nitrogen and oxygen atoms in total. The third kappa shape index (κ3) is 4.12. The van der Waals surface area contributed by atoms with Crippen LogP contribution in [-0.2, 0) is 43.8 Å². The molecule has 39 heavy (non-hydrogen) atoms. The third-order valence-corrected chi connectivity index (χ3v) is 9.27. The van der Waals surface area contributed by atoms with Gasteiger partial charge in [0.15, 0.2) is 0 Å². The smallest absolute Gasteiger partial charge is 0.0195 e. The van der Waals surface area contributed by atoms with Gasteiger partial charge in [0.25, 0.3) is 0 Å².